The van der Waals surface area contributed by atoms with E-state index in [0.29, 0.717) is 11.9 Å². The molecule has 1 aliphatic heterocycles. The summed E-state index contributed by atoms with van der Waals surface area (Å²) in [4.78, 5) is 2.56. The molecular weight excluding hydrogens is 200 g/mol. The van der Waals surface area contributed by atoms with E-state index >= 15 is 0 Å². The van der Waals surface area contributed by atoms with E-state index in [2.05, 4.69) is 23.8 Å². The van der Waals surface area contributed by atoms with Crippen LogP contribution >= 0.6 is 0 Å². The largest absolute Gasteiger partial charge is 0.382 e. The molecule has 1 fully saturated rings. The van der Waals surface area contributed by atoms with Crippen LogP contribution in [0, 0.1) is 5.92 Å². The van der Waals surface area contributed by atoms with Crippen molar-refractivity contribution < 1.29 is 0 Å². The molecule has 2 heterocycles. The van der Waals surface area contributed by atoms with Crippen molar-refractivity contribution >= 4 is 5.82 Å². The lowest BCUT2D eigenvalue weighted by Crippen LogP contribution is -2.42. The number of nitrogens with two attached hydrogens (primary N) is 1. The lowest BCUT2D eigenvalue weighted by molar-refractivity contribution is 0.119. The van der Waals surface area contributed by atoms with Crippen molar-refractivity contribution in [2.75, 3.05) is 18.8 Å². The van der Waals surface area contributed by atoms with Gasteiger partial charge in [-0.3, -0.25) is 9.58 Å². The Kier molecular flexibility index (Phi) is 3.49. The van der Waals surface area contributed by atoms with Crippen LogP contribution in [0.3, 0.4) is 0 Å². The van der Waals surface area contributed by atoms with Gasteiger partial charge in [-0.05, 0) is 31.7 Å². The van der Waals surface area contributed by atoms with Crippen LogP contribution in [0.25, 0.3) is 0 Å². The van der Waals surface area contributed by atoms with Crippen LogP contribution < -0.4 is 5.73 Å². The number of rotatable bonds is 3. The lowest BCUT2D eigenvalue weighted by atomic mass is 9.95. The summed E-state index contributed by atoms with van der Waals surface area (Å²) in [6, 6.07) is 2.56. The third kappa shape index (κ3) is 2.76. The van der Waals surface area contributed by atoms with E-state index in [-0.39, 0.29) is 0 Å². The molecular formula is C12H22N4. The lowest BCUT2D eigenvalue weighted by Gasteiger charge is -2.36. The minimum Gasteiger partial charge on any atom is -0.382 e. The predicted molar refractivity (Wildman–Crippen MR) is 66.1 cm³/mol. The fraction of sp³-hybridized carbons (Fsp3) is 0.750. The van der Waals surface area contributed by atoms with Crippen LogP contribution in [0.5, 0.6) is 0 Å². The normalized spacial score (nSPS) is 27.1. The third-order valence-corrected chi connectivity index (χ3v) is 3.52. The van der Waals surface area contributed by atoms with E-state index in [1.807, 2.05) is 16.9 Å². The van der Waals surface area contributed by atoms with Crippen molar-refractivity contribution in [2.24, 2.45) is 5.92 Å². The molecule has 1 aromatic heterocycles. The minimum absolute atomic E-state index is 0.611. The van der Waals surface area contributed by atoms with Gasteiger partial charge in [0, 0.05) is 25.3 Å². The average molecular weight is 222 g/mol. The molecule has 2 N–H and O–H groups in total. The van der Waals surface area contributed by atoms with Gasteiger partial charge in [-0.25, -0.2) is 0 Å². The van der Waals surface area contributed by atoms with Crippen molar-refractivity contribution in [1.29, 1.82) is 0 Å². The number of hydrogen-bond donors (Lipinski definition) is 1. The highest BCUT2D eigenvalue weighted by Gasteiger charge is 2.22. The minimum atomic E-state index is 0.611. The first kappa shape index (κ1) is 11.5. The highest BCUT2D eigenvalue weighted by molar-refractivity contribution is 5.23. The maximum Gasteiger partial charge on any atom is 0.145 e. The Morgan fingerprint density at radius 1 is 1.38 bits per heavy atom. The molecule has 90 valence electrons. The summed E-state index contributed by atoms with van der Waals surface area (Å²) in [7, 11) is 0. The molecule has 16 heavy (non-hydrogen) atoms. The van der Waals surface area contributed by atoms with Crippen LogP contribution in [0.2, 0.25) is 0 Å². The summed E-state index contributed by atoms with van der Waals surface area (Å²) in [6.07, 6.45) is 4.64. The Labute approximate surface area is 97.4 Å². The molecule has 1 aliphatic rings. The second-order valence-corrected chi connectivity index (χ2v) is 5.03. The molecule has 2 unspecified atom stereocenters. The van der Waals surface area contributed by atoms with Crippen LogP contribution in [-0.4, -0.2) is 33.8 Å². The van der Waals surface area contributed by atoms with Crippen LogP contribution in [0.1, 0.15) is 26.7 Å². The summed E-state index contributed by atoms with van der Waals surface area (Å²) in [5, 5.41) is 4.21. The van der Waals surface area contributed by atoms with Gasteiger partial charge in [0.2, 0.25) is 0 Å². The standard InChI is InChI=1S/C12H22N4/c1-10-3-4-11(2)15(9-10)7-8-16-6-5-12(13)14-16/h5-6,10-11H,3-4,7-9H2,1-2H3,(H2,13,14). The van der Waals surface area contributed by atoms with Crippen molar-refractivity contribution in [3.63, 3.8) is 0 Å². The first-order chi connectivity index (χ1) is 7.65. The topological polar surface area (TPSA) is 47.1 Å². The smallest absolute Gasteiger partial charge is 0.145 e. The number of piperidine rings is 1. The predicted octanol–water partition coefficient (Wildman–Crippen LogP) is 1.59. The molecule has 0 bridgehead atoms. The number of likely N-dealkylation sites (tertiary alicyclic amines) is 1. The molecule has 0 aliphatic carbocycles. The molecule has 0 aromatic carbocycles. The maximum atomic E-state index is 5.59. The quantitative estimate of drug-likeness (QED) is 0.844. The SMILES string of the molecule is CC1CCC(C)N(CCn2ccc(N)n2)C1. The molecule has 0 amide bonds. The molecule has 1 aromatic rings. The van der Waals surface area contributed by atoms with Crippen LogP contribution in [0.4, 0.5) is 5.82 Å². The zero-order valence-corrected chi connectivity index (χ0v) is 10.3. The van der Waals surface area contributed by atoms with E-state index in [4.69, 9.17) is 5.73 Å². The second kappa shape index (κ2) is 4.87. The Morgan fingerprint density at radius 2 is 2.19 bits per heavy atom. The Bertz CT molecular complexity index is 334. The van der Waals surface area contributed by atoms with Gasteiger partial charge in [-0.1, -0.05) is 6.92 Å². The van der Waals surface area contributed by atoms with Crippen LogP contribution in [0.15, 0.2) is 12.3 Å². The molecule has 0 saturated carbocycles. The van der Waals surface area contributed by atoms with Gasteiger partial charge in [0.25, 0.3) is 0 Å². The Morgan fingerprint density at radius 3 is 2.88 bits per heavy atom. The zero-order chi connectivity index (χ0) is 11.5. The average Bonchev–Trinajstić information content (AvgIpc) is 2.66. The van der Waals surface area contributed by atoms with E-state index < -0.39 is 0 Å². The van der Waals surface area contributed by atoms with Crippen LogP contribution in [-0.2, 0) is 6.54 Å². The number of aromatic nitrogens is 2. The second-order valence-electron chi connectivity index (χ2n) is 5.03. The summed E-state index contributed by atoms with van der Waals surface area (Å²) in [5.41, 5.74) is 5.59. The number of anilines is 1. The third-order valence-electron chi connectivity index (χ3n) is 3.52. The van der Waals surface area contributed by atoms with Crippen molar-refractivity contribution in [3.8, 4) is 0 Å². The van der Waals surface area contributed by atoms with E-state index in [9.17, 15) is 0 Å². The fourth-order valence-corrected chi connectivity index (χ4v) is 2.42. The summed E-state index contributed by atoms with van der Waals surface area (Å²) in [5.74, 6) is 1.44. The number of nitrogen functional groups attached to an aromatic ring is 1. The van der Waals surface area contributed by atoms with Gasteiger partial charge in [-0.15, -0.1) is 0 Å². The molecule has 1 saturated heterocycles. The van der Waals surface area contributed by atoms with E-state index in [0.717, 1.165) is 19.0 Å². The zero-order valence-electron chi connectivity index (χ0n) is 10.3. The van der Waals surface area contributed by atoms with Crippen molar-refractivity contribution in [3.05, 3.63) is 12.3 Å². The Balaban J connectivity index is 1.84. The highest BCUT2D eigenvalue weighted by Crippen LogP contribution is 2.20. The number of nitrogens with zero attached hydrogens (tertiary/aromatic N) is 3. The first-order valence-electron chi connectivity index (χ1n) is 6.18. The van der Waals surface area contributed by atoms with E-state index in [1.54, 1.807) is 0 Å². The van der Waals surface area contributed by atoms with Gasteiger partial charge >= 0.3 is 0 Å². The van der Waals surface area contributed by atoms with Crippen molar-refractivity contribution in [2.45, 2.75) is 39.3 Å². The highest BCUT2D eigenvalue weighted by atomic mass is 15.3. The molecule has 2 rings (SSSR count). The first-order valence-corrected chi connectivity index (χ1v) is 6.18. The fourth-order valence-electron chi connectivity index (χ4n) is 2.42. The van der Waals surface area contributed by atoms with E-state index in [1.165, 1.54) is 19.4 Å². The molecule has 4 nitrogen and oxygen atoms in total. The summed E-state index contributed by atoms with van der Waals surface area (Å²) in [6.45, 7) is 7.90. The molecule has 0 spiro atoms. The van der Waals surface area contributed by atoms with Gasteiger partial charge in [0.1, 0.15) is 5.82 Å². The summed E-state index contributed by atoms with van der Waals surface area (Å²) < 4.78 is 1.93. The van der Waals surface area contributed by atoms with Gasteiger partial charge in [0.05, 0.1) is 6.54 Å². The maximum absolute atomic E-state index is 5.59. The van der Waals surface area contributed by atoms with Gasteiger partial charge in [-0.2, -0.15) is 5.10 Å². The van der Waals surface area contributed by atoms with Gasteiger partial charge in [0.15, 0.2) is 0 Å². The summed E-state index contributed by atoms with van der Waals surface area (Å²) >= 11 is 0. The molecule has 0 radical (unpaired) electrons. The van der Waals surface area contributed by atoms with Crippen molar-refractivity contribution in [1.82, 2.24) is 14.7 Å². The molecule has 4 heteroatoms. The monoisotopic (exact) mass is 222 g/mol. The van der Waals surface area contributed by atoms with Gasteiger partial charge < -0.3 is 5.73 Å². The molecule has 2 atom stereocenters. The number of hydrogen-bond acceptors (Lipinski definition) is 3. The Hall–Kier alpha value is -1.03.